The number of anilines is 1. The number of amides is 1. The van der Waals surface area contributed by atoms with E-state index in [9.17, 15) is 4.79 Å². The summed E-state index contributed by atoms with van der Waals surface area (Å²) in [6, 6.07) is 12.3. The zero-order valence-electron chi connectivity index (χ0n) is 11.7. The number of nitrogens with zero attached hydrogens (tertiary/aromatic N) is 1. The second kappa shape index (κ2) is 6.54. The van der Waals surface area contributed by atoms with E-state index < -0.39 is 0 Å². The Balaban J connectivity index is 2.12. The van der Waals surface area contributed by atoms with Crippen molar-refractivity contribution in [2.45, 2.75) is 20.4 Å². The molecule has 0 fully saturated rings. The summed E-state index contributed by atoms with van der Waals surface area (Å²) in [7, 11) is 0. The molecule has 106 valence electrons. The van der Waals surface area contributed by atoms with Crippen LogP contribution in [-0.2, 0) is 6.54 Å². The molecule has 1 aromatic heterocycles. The molecule has 20 heavy (non-hydrogen) atoms. The molecule has 0 spiro atoms. The highest BCUT2D eigenvalue weighted by atomic mass is 32.1. The number of carbonyl (C=O) groups is 1. The summed E-state index contributed by atoms with van der Waals surface area (Å²) in [5.41, 5.74) is 4.60. The lowest BCUT2D eigenvalue weighted by Gasteiger charge is -2.22. The molecule has 1 aromatic carbocycles. The minimum Gasteiger partial charge on any atom is -0.367 e. The van der Waals surface area contributed by atoms with Gasteiger partial charge in [0.05, 0.1) is 11.4 Å². The molecule has 0 saturated heterocycles. The van der Waals surface area contributed by atoms with Gasteiger partial charge < -0.3 is 4.90 Å². The molecule has 0 saturated carbocycles. The summed E-state index contributed by atoms with van der Waals surface area (Å²) < 4.78 is 0. The van der Waals surface area contributed by atoms with E-state index in [2.05, 4.69) is 48.4 Å². The number of nitrogen functional groups attached to an aromatic ring is 1. The topological polar surface area (TPSA) is 58.4 Å². The van der Waals surface area contributed by atoms with Gasteiger partial charge in [-0.15, -0.1) is 11.3 Å². The van der Waals surface area contributed by atoms with E-state index in [0.717, 1.165) is 18.0 Å². The Labute approximate surface area is 123 Å². The number of carbonyl (C=O) groups excluding carboxylic acids is 1. The third kappa shape index (κ3) is 3.37. The van der Waals surface area contributed by atoms with Crippen LogP contribution in [0, 0.1) is 6.92 Å². The van der Waals surface area contributed by atoms with Crippen molar-refractivity contribution in [2.24, 2.45) is 5.84 Å². The van der Waals surface area contributed by atoms with Crippen molar-refractivity contribution < 1.29 is 4.79 Å². The predicted octanol–water partition coefficient (Wildman–Crippen LogP) is 2.69. The van der Waals surface area contributed by atoms with Crippen molar-refractivity contribution in [3.8, 4) is 0 Å². The van der Waals surface area contributed by atoms with Gasteiger partial charge in [-0.05, 0) is 38.1 Å². The number of nitrogens with one attached hydrogen (secondary N) is 1. The molecule has 1 amide bonds. The SMILES string of the molecule is CCN(Cc1ccc(C(=O)NN)s1)c1ccc(C)cc1. The van der Waals surface area contributed by atoms with Crippen LogP contribution in [0.25, 0.3) is 0 Å². The molecule has 0 bridgehead atoms. The third-order valence-corrected chi connectivity index (χ3v) is 4.21. The van der Waals surface area contributed by atoms with Gasteiger partial charge in [0.15, 0.2) is 0 Å². The summed E-state index contributed by atoms with van der Waals surface area (Å²) in [4.78, 5) is 15.5. The first kappa shape index (κ1) is 14.6. The fraction of sp³-hybridized carbons (Fsp3) is 0.267. The Morgan fingerprint density at radius 1 is 1.25 bits per heavy atom. The molecule has 0 atom stereocenters. The summed E-state index contributed by atoms with van der Waals surface area (Å²) in [6.07, 6.45) is 0. The minimum absolute atomic E-state index is 0.236. The van der Waals surface area contributed by atoms with Crippen LogP contribution in [0.3, 0.4) is 0 Å². The number of rotatable bonds is 5. The third-order valence-electron chi connectivity index (χ3n) is 3.14. The van der Waals surface area contributed by atoms with Gasteiger partial charge in [0, 0.05) is 17.1 Å². The Morgan fingerprint density at radius 3 is 2.55 bits per heavy atom. The van der Waals surface area contributed by atoms with Gasteiger partial charge in [0.1, 0.15) is 0 Å². The standard InChI is InChI=1S/C15H19N3OS/c1-3-18(12-6-4-11(2)5-7-12)10-13-8-9-14(20-13)15(19)17-16/h4-9H,3,10,16H2,1-2H3,(H,17,19). The number of nitrogens with two attached hydrogens (primary N) is 1. The minimum atomic E-state index is -0.236. The Bertz CT molecular complexity index is 577. The van der Waals surface area contributed by atoms with E-state index in [1.54, 1.807) is 0 Å². The highest BCUT2D eigenvalue weighted by molar-refractivity contribution is 7.14. The maximum absolute atomic E-state index is 11.5. The van der Waals surface area contributed by atoms with Crippen LogP contribution in [-0.4, -0.2) is 12.5 Å². The van der Waals surface area contributed by atoms with Crippen LogP contribution in [0.4, 0.5) is 5.69 Å². The molecule has 0 radical (unpaired) electrons. The summed E-state index contributed by atoms with van der Waals surface area (Å²) >= 11 is 1.47. The van der Waals surface area contributed by atoms with Crippen molar-refractivity contribution >= 4 is 22.9 Å². The second-order valence-electron chi connectivity index (χ2n) is 4.59. The van der Waals surface area contributed by atoms with Gasteiger partial charge in [-0.25, -0.2) is 5.84 Å². The quantitative estimate of drug-likeness (QED) is 0.505. The average molecular weight is 289 g/mol. The van der Waals surface area contributed by atoms with Crippen LogP contribution < -0.4 is 16.2 Å². The largest absolute Gasteiger partial charge is 0.367 e. The Kier molecular flexibility index (Phi) is 4.76. The molecule has 5 heteroatoms. The molecule has 0 aliphatic carbocycles. The van der Waals surface area contributed by atoms with Crippen molar-refractivity contribution in [1.82, 2.24) is 5.43 Å². The van der Waals surface area contributed by atoms with E-state index in [-0.39, 0.29) is 5.91 Å². The van der Waals surface area contributed by atoms with Gasteiger partial charge in [0.25, 0.3) is 5.91 Å². The molecule has 1 heterocycles. The monoisotopic (exact) mass is 289 g/mol. The zero-order valence-corrected chi connectivity index (χ0v) is 12.5. The van der Waals surface area contributed by atoms with E-state index >= 15 is 0 Å². The van der Waals surface area contributed by atoms with Crippen LogP contribution in [0.1, 0.15) is 27.0 Å². The van der Waals surface area contributed by atoms with Gasteiger partial charge in [-0.3, -0.25) is 10.2 Å². The first-order valence-corrected chi connectivity index (χ1v) is 7.37. The molecule has 0 aliphatic rings. The Morgan fingerprint density at radius 2 is 1.95 bits per heavy atom. The van der Waals surface area contributed by atoms with Crippen molar-refractivity contribution in [3.05, 3.63) is 51.7 Å². The molecular weight excluding hydrogens is 270 g/mol. The maximum atomic E-state index is 11.5. The lowest BCUT2D eigenvalue weighted by atomic mass is 10.2. The van der Waals surface area contributed by atoms with Crippen molar-refractivity contribution in [3.63, 3.8) is 0 Å². The fourth-order valence-corrected chi connectivity index (χ4v) is 2.91. The Hall–Kier alpha value is -1.85. The van der Waals surface area contributed by atoms with Crippen LogP contribution >= 0.6 is 11.3 Å². The first-order valence-electron chi connectivity index (χ1n) is 6.55. The van der Waals surface area contributed by atoms with Gasteiger partial charge in [-0.2, -0.15) is 0 Å². The second-order valence-corrected chi connectivity index (χ2v) is 5.76. The molecule has 2 aromatic rings. The molecule has 2 rings (SSSR count). The lowest BCUT2D eigenvalue weighted by molar-refractivity contribution is 0.0957. The molecular formula is C15H19N3OS. The van der Waals surface area contributed by atoms with Crippen LogP contribution in [0.15, 0.2) is 36.4 Å². The predicted molar refractivity (Wildman–Crippen MR) is 83.9 cm³/mol. The first-order chi connectivity index (χ1) is 9.63. The fourth-order valence-electron chi connectivity index (χ4n) is 1.99. The van der Waals surface area contributed by atoms with Gasteiger partial charge >= 0.3 is 0 Å². The van der Waals surface area contributed by atoms with E-state index in [4.69, 9.17) is 5.84 Å². The van der Waals surface area contributed by atoms with E-state index in [0.29, 0.717) is 4.88 Å². The molecule has 0 aliphatic heterocycles. The number of hydrogen-bond donors (Lipinski definition) is 2. The molecule has 0 unspecified atom stereocenters. The number of benzene rings is 1. The van der Waals surface area contributed by atoms with Crippen molar-refractivity contribution in [2.75, 3.05) is 11.4 Å². The highest BCUT2D eigenvalue weighted by Crippen LogP contribution is 2.22. The van der Waals surface area contributed by atoms with Crippen molar-refractivity contribution in [1.29, 1.82) is 0 Å². The highest BCUT2D eigenvalue weighted by Gasteiger charge is 2.10. The lowest BCUT2D eigenvalue weighted by Crippen LogP contribution is -2.29. The summed E-state index contributed by atoms with van der Waals surface area (Å²) in [5, 5.41) is 0. The van der Waals surface area contributed by atoms with E-state index in [1.807, 2.05) is 12.1 Å². The normalized spacial score (nSPS) is 10.3. The zero-order chi connectivity index (χ0) is 14.5. The number of hydrogen-bond acceptors (Lipinski definition) is 4. The van der Waals surface area contributed by atoms with Gasteiger partial charge in [0.2, 0.25) is 0 Å². The summed E-state index contributed by atoms with van der Waals surface area (Å²) in [5.74, 6) is 4.91. The molecule has 3 N–H and O–H groups in total. The van der Waals surface area contributed by atoms with Crippen LogP contribution in [0.2, 0.25) is 0 Å². The summed E-state index contributed by atoms with van der Waals surface area (Å²) in [6.45, 7) is 5.92. The number of hydrazine groups is 1. The van der Waals surface area contributed by atoms with Crippen LogP contribution in [0.5, 0.6) is 0 Å². The van der Waals surface area contributed by atoms with Gasteiger partial charge in [-0.1, -0.05) is 17.7 Å². The van der Waals surface area contributed by atoms with E-state index in [1.165, 1.54) is 22.6 Å². The number of thiophene rings is 1. The smallest absolute Gasteiger partial charge is 0.275 e. The average Bonchev–Trinajstić information content (AvgIpc) is 2.93. The molecule has 4 nitrogen and oxygen atoms in total. The maximum Gasteiger partial charge on any atom is 0.275 e. The number of aryl methyl sites for hydroxylation is 1.